The van der Waals surface area contributed by atoms with Crippen LogP contribution in [-0.4, -0.2) is 55.1 Å². The summed E-state index contributed by atoms with van der Waals surface area (Å²) in [7, 11) is 0. The summed E-state index contributed by atoms with van der Waals surface area (Å²) in [5.74, 6) is 0.766. The van der Waals surface area contributed by atoms with Crippen molar-refractivity contribution in [3.63, 3.8) is 0 Å². The van der Waals surface area contributed by atoms with Crippen molar-refractivity contribution in [1.82, 2.24) is 15.1 Å². The second kappa shape index (κ2) is 8.98. The summed E-state index contributed by atoms with van der Waals surface area (Å²) in [6, 6.07) is 10.3. The van der Waals surface area contributed by atoms with Crippen molar-refractivity contribution >= 4 is 0 Å². The average Bonchev–Trinajstić information content (AvgIpc) is 2.64. The zero-order valence-corrected chi connectivity index (χ0v) is 15.6. The van der Waals surface area contributed by atoms with Crippen LogP contribution in [0.25, 0.3) is 0 Å². The maximum Gasteiger partial charge on any atom is 0.0234 e. The van der Waals surface area contributed by atoms with Crippen molar-refractivity contribution in [3.05, 3.63) is 35.4 Å². The number of nitrogens with zero attached hydrogens (tertiary/aromatic N) is 2. The molecule has 0 radical (unpaired) electrons. The molecule has 2 aliphatic heterocycles. The topological polar surface area (TPSA) is 18.5 Å². The molecule has 134 valence electrons. The fourth-order valence-corrected chi connectivity index (χ4v) is 4.52. The largest absolute Gasteiger partial charge is 0.317 e. The third-order valence-corrected chi connectivity index (χ3v) is 6.01. The molecule has 3 heteroatoms. The molecule has 1 unspecified atom stereocenters. The Balaban J connectivity index is 1.55. The smallest absolute Gasteiger partial charge is 0.0234 e. The van der Waals surface area contributed by atoms with E-state index in [0.29, 0.717) is 0 Å². The van der Waals surface area contributed by atoms with Crippen molar-refractivity contribution in [1.29, 1.82) is 0 Å². The van der Waals surface area contributed by atoms with E-state index in [1.165, 1.54) is 70.5 Å². The summed E-state index contributed by atoms with van der Waals surface area (Å²) in [6.45, 7) is 12.9. The maximum atomic E-state index is 3.46. The first-order chi connectivity index (χ1) is 11.8. The molecule has 1 aromatic rings. The van der Waals surface area contributed by atoms with E-state index < -0.39 is 0 Å². The summed E-state index contributed by atoms with van der Waals surface area (Å²) >= 11 is 0. The van der Waals surface area contributed by atoms with Crippen LogP contribution in [0.4, 0.5) is 0 Å². The number of likely N-dealkylation sites (tertiary alicyclic amines) is 1. The van der Waals surface area contributed by atoms with Crippen LogP contribution in [0.2, 0.25) is 0 Å². The zero-order valence-electron chi connectivity index (χ0n) is 15.6. The summed E-state index contributed by atoms with van der Waals surface area (Å²) in [6.07, 6.45) is 5.29. The van der Waals surface area contributed by atoms with E-state index in [4.69, 9.17) is 0 Å². The highest BCUT2D eigenvalue weighted by Gasteiger charge is 2.23. The van der Waals surface area contributed by atoms with Gasteiger partial charge < -0.3 is 5.32 Å². The van der Waals surface area contributed by atoms with Gasteiger partial charge in [0.05, 0.1) is 0 Å². The van der Waals surface area contributed by atoms with E-state index in [1.807, 2.05) is 0 Å². The quantitative estimate of drug-likeness (QED) is 0.862. The Hall–Kier alpha value is -0.900. The predicted molar refractivity (Wildman–Crippen MR) is 103 cm³/mol. The number of likely N-dealkylation sites (N-methyl/N-ethyl adjacent to an activating group) is 1. The van der Waals surface area contributed by atoms with Crippen LogP contribution in [0.5, 0.6) is 0 Å². The Morgan fingerprint density at radius 3 is 2.42 bits per heavy atom. The highest BCUT2D eigenvalue weighted by atomic mass is 15.2. The highest BCUT2D eigenvalue weighted by molar-refractivity contribution is 5.26. The molecule has 0 bridgehead atoms. The molecular weight excluding hydrogens is 294 g/mol. The van der Waals surface area contributed by atoms with Crippen molar-refractivity contribution in [3.8, 4) is 0 Å². The molecule has 1 atom stereocenters. The van der Waals surface area contributed by atoms with Crippen LogP contribution in [0.1, 0.15) is 56.6 Å². The van der Waals surface area contributed by atoms with E-state index in [-0.39, 0.29) is 0 Å². The third-order valence-electron chi connectivity index (χ3n) is 6.01. The molecule has 0 amide bonds. The number of nitrogens with one attached hydrogen (secondary N) is 1. The Kier molecular flexibility index (Phi) is 6.70. The van der Waals surface area contributed by atoms with Gasteiger partial charge in [-0.15, -0.1) is 0 Å². The fraction of sp³-hybridized carbons (Fsp3) is 0.714. The van der Waals surface area contributed by atoms with Crippen LogP contribution in [0.15, 0.2) is 24.3 Å². The molecule has 2 heterocycles. The van der Waals surface area contributed by atoms with Gasteiger partial charge in [0.1, 0.15) is 0 Å². The molecule has 1 aromatic carbocycles. The minimum Gasteiger partial charge on any atom is -0.317 e. The second-order valence-corrected chi connectivity index (χ2v) is 7.52. The van der Waals surface area contributed by atoms with Crippen LogP contribution in [-0.2, 0) is 6.54 Å². The Morgan fingerprint density at radius 2 is 1.75 bits per heavy atom. The van der Waals surface area contributed by atoms with Crippen molar-refractivity contribution in [2.45, 2.75) is 58.0 Å². The van der Waals surface area contributed by atoms with Crippen molar-refractivity contribution in [2.75, 3.05) is 39.3 Å². The minimum absolute atomic E-state index is 0.753. The molecule has 2 fully saturated rings. The Labute approximate surface area is 148 Å². The number of benzene rings is 1. The average molecular weight is 330 g/mol. The van der Waals surface area contributed by atoms with E-state index in [2.05, 4.69) is 53.2 Å². The van der Waals surface area contributed by atoms with Gasteiger partial charge in [0.2, 0.25) is 0 Å². The summed E-state index contributed by atoms with van der Waals surface area (Å²) in [4.78, 5) is 5.29. The first kappa shape index (κ1) is 17.9. The van der Waals surface area contributed by atoms with Gasteiger partial charge in [0.25, 0.3) is 0 Å². The highest BCUT2D eigenvalue weighted by Crippen LogP contribution is 2.26. The van der Waals surface area contributed by atoms with Gasteiger partial charge in [-0.25, -0.2) is 0 Å². The molecule has 2 aliphatic rings. The Bertz CT molecular complexity index is 474. The van der Waals surface area contributed by atoms with Crippen LogP contribution < -0.4 is 5.32 Å². The van der Waals surface area contributed by atoms with Gasteiger partial charge in [-0.3, -0.25) is 9.80 Å². The summed E-state index contributed by atoms with van der Waals surface area (Å²) in [5.41, 5.74) is 3.02. The van der Waals surface area contributed by atoms with E-state index in [1.54, 1.807) is 5.56 Å². The first-order valence-electron chi connectivity index (χ1n) is 10.1. The number of rotatable bonds is 6. The van der Waals surface area contributed by atoms with Crippen molar-refractivity contribution in [2.24, 2.45) is 0 Å². The summed E-state index contributed by atoms with van der Waals surface area (Å²) in [5, 5.41) is 3.46. The van der Waals surface area contributed by atoms with E-state index in [9.17, 15) is 0 Å². The maximum absolute atomic E-state index is 3.46. The van der Waals surface area contributed by atoms with Gasteiger partial charge in [-0.1, -0.05) is 38.1 Å². The fourth-order valence-electron chi connectivity index (χ4n) is 4.52. The predicted octanol–water partition coefficient (Wildman–Crippen LogP) is 3.46. The lowest BCUT2D eigenvalue weighted by molar-refractivity contribution is 0.101. The second-order valence-electron chi connectivity index (χ2n) is 7.52. The normalized spacial score (nSPS) is 23.7. The lowest BCUT2D eigenvalue weighted by atomic mass is 9.90. The van der Waals surface area contributed by atoms with Gasteiger partial charge in [-0.2, -0.15) is 0 Å². The molecular formula is C21H35N3. The number of hydrogen-bond acceptors (Lipinski definition) is 3. The van der Waals surface area contributed by atoms with E-state index >= 15 is 0 Å². The SMILES string of the molecule is CCN(CC)C1CCCN(Cc2ccc(C3CCNCC3)cc2)C1. The van der Waals surface area contributed by atoms with Crippen LogP contribution >= 0.6 is 0 Å². The van der Waals surface area contributed by atoms with Crippen molar-refractivity contribution < 1.29 is 0 Å². The number of piperidine rings is 2. The molecule has 2 saturated heterocycles. The van der Waals surface area contributed by atoms with Crippen LogP contribution in [0, 0.1) is 0 Å². The summed E-state index contributed by atoms with van der Waals surface area (Å²) < 4.78 is 0. The lowest BCUT2D eigenvalue weighted by Crippen LogP contribution is -2.47. The molecule has 0 aromatic heterocycles. The molecule has 24 heavy (non-hydrogen) atoms. The molecule has 0 spiro atoms. The van der Waals surface area contributed by atoms with Gasteiger partial charge >= 0.3 is 0 Å². The first-order valence-corrected chi connectivity index (χ1v) is 10.1. The van der Waals surface area contributed by atoms with Gasteiger partial charge in [0, 0.05) is 19.1 Å². The minimum atomic E-state index is 0.753. The standard InChI is InChI=1S/C21H35N3/c1-3-24(4-2)21-6-5-15-23(17-21)16-18-7-9-19(10-8-18)20-11-13-22-14-12-20/h7-10,20-22H,3-6,11-17H2,1-2H3. The van der Waals surface area contributed by atoms with Gasteiger partial charge in [0.15, 0.2) is 0 Å². The number of hydrogen-bond donors (Lipinski definition) is 1. The van der Waals surface area contributed by atoms with E-state index in [0.717, 1.165) is 18.5 Å². The zero-order chi connectivity index (χ0) is 16.8. The lowest BCUT2D eigenvalue weighted by Gasteiger charge is -2.38. The third kappa shape index (κ3) is 4.59. The molecule has 3 rings (SSSR count). The molecule has 3 nitrogen and oxygen atoms in total. The molecule has 0 saturated carbocycles. The van der Waals surface area contributed by atoms with Crippen LogP contribution in [0.3, 0.4) is 0 Å². The van der Waals surface area contributed by atoms with Gasteiger partial charge in [-0.05, 0) is 75.5 Å². The Morgan fingerprint density at radius 1 is 1.04 bits per heavy atom. The molecule has 1 N–H and O–H groups in total. The molecule has 0 aliphatic carbocycles. The monoisotopic (exact) mass is 329 g/mol.